The van der Waals surface area contributed by atoms with E-state index in [1.807, 2.05) is 18.2 Å². The number of aryl methyl sites for hydroxylation is 2. The number of rotatable bonds is 4. The van der Waals surface area contributed by atoms with Crippen LogP contribution < -0.4 is 20.7 Å². The second kappa shape index (κ2) is 9.71. The quantitative estimate of drug-likeness (QED) is 0.545. The van der Waals surface area contributed by atoms with Crippen molar-refractivity contribution >= 4 is 17.4 Å². The number of pyridine rings is 1. The van der Waals surface area contributed by atoms with Crippen LogP contribution in [0.25, 0.3) is 11.1 Å². The zero-order valence-corrected chi connectivity index (χ0v) is 21.4. The van der Waals surface area contributed by atoms with Crippen LogP contribution in [0.2, 0.25) is 0 Å². The Morgan fingerprint density at radius 1 is 1.18 bits per heavy atom. The van der Waals surface area contributed by atoms with Crippen LogP contribution in [-0.4, -0.2) is 58.5 Å². The molecule has 0 fully saturated rings. The minimum absolute atomic E-state index is 0.00234. The molecule has 1 aromatic carbocycles. The summed E-state index contributed by atoms with van der Waals surface area (Å²) in [5.74, 6) is 0. The Labute approximate surface area is 219 Å². The third kappa shape index (κ3) is 4.16. The van der Waals surface area contributed by atoms with Gasteiger partial charge in [-0.3, -0.25) is 14.7 Å². The molecule has 0 aliphatic carbocycles. The number of amides is 2. The van der Waals surface area contributed by atoms with E-state index in [2.05, 4.69) is 30.7 Å². The predicted octanol–water partition coefficient (Wildman–Crippen LogP) is 3.82. The Kier molecular flexibility index (Phi) is 6.22. The fourth-order valence-electron chi connectivity index (χ4n) is 5.80. The van der Waals surface area contributed by atoms with Crippen molar-refractivity contribution in [2.24, 2.45) is 7.05 Å². The molecule has 3 aliphatic rings. The van der Waals surface area contributed by atoms with E-state index in [1.165, 1.54) is 0 Å². The monoisotopic (exact) mass is 520 g/mol. The molecule has 2 aromatic heterocycles. The number of hydrogen-bond donors (Lipinski definition) is 2. The van der Waals surface area contributed by atoms with Gasteiger partial charge < -0.3 is 15.1 Å². The Morgan fingerprint density at radius 2 is 2.00 bits per heavy atom. The van der Waals surface area contributed by atoms with Crippen molar-refractivity contribution in [3.63, 3.8) is 0 Å². The molecular weight excluding hydrogens is 490 g/mol. The molecule has 0 saturated heterocycles. The molecule has 198 valence electrons. The van der Waals surface area contributed by atoms with Crippen LogP contribution in [0.15, 0.2) is 60.3 Å². The smallest absolute Gasteiger partial charge is 0.317 e. The summed E-state index contributed by atoms with van der Waals surface area (Å²) in [7, 11) is 3.41. The van der Waals surface area contributed by atoms with Gasteiger partial charge in [-0.1, -0.05) is 0 Å². The van der Waals surface area contributed by atoms with Gasteiger partial charge in [0.2, 0.25) is 0 Å². The zero-order chi connectivity index (χ0) is 26.4. The van der Waals surface area contributed by atoms with Gasteiger partial charge in [0.25, 0.3) is 6.43 Å². The van der Waals surface area contributed by atoms with Gasteiger partial charge in [0.05, 0.1) is 11.9 Å². The fourth-order valence-corrected chi connectivity index (χ4v) is 5.80. The van der Waals surface area contributed by atoms with Crippen LogP contribution in [0.1, 0.15) is 30.4 Å². The summed E-state index contributed by atoms with van der Waals surface area (Å²) in [6.07, 6.45) is 6.36. The number of benzene rings is 1. The van der Waals surface area contributed by atoms with Crippen molar-refractivity contribution in [1.82, 2.24) is 30.4 Å². The van der Waals surface area contributed by atoms with E-state index in [0.29, 0.717) is 37.2 Å². The van der Waals surface area contributed by atoms with Gasteiger partial charge in [-0.05, 0) is 48.2 Å². The van der Waals surface area contributed by atoms with Gasteiger partial charge in [-0.15, -0.1) is 0 Å². The Bertz CT molecular complexity index is 1390. The first kappa shape index (κ1) is 24.4. The summed E-state index contributed by atoms with van der Waals surface area (Å²) in [5.41, 5.74) is 9.79. The summed E-state index contributed by atoms with van der Waals surface area (Å²) in [6, 6.07) is 7.30. The molecule has 3 aliphatic heterocycles. The van der Waals surface area contributed by atoms with Crippen LogP contribution in [0.5, 0.6) is 0 Å². The highest BCUT2D eigenvalue weighted by atomic mass is 19.3. The molecule has 3 aromatic rings. The molecule has 11 heteroatoms. The first-order valence-electron chi connectivity index (χ1n) is 12.8. The van der Waals surface area contributed by atoms with Crippen molar-refractivity contribution in [3.8, 4) is 11.1 Å². The van der Waals surface area contributed by atoms with E-state index in [-0.39, 0.29) is 17.8 Å². The number of aromatic nitrogens is 3. The summed E-state index contributed by atoms with van der Waals surface area (Å²) < 4.78 is 30.4. The van der Waals surface area contributed by atoms with Gasteiger partial charge in [0, 0.05) is 86.8 Å². The molecule has 1 unspecified atom stereocenters. The third-order valence-electron chi connectivity index (χ3n) is 7.59. The highest BCUT2D eigenvalue weighted by molar-refractivity contribution is 5.76. The van der Waals surface area contributed by atoms with Gasteiger partial charge in [-0.25, -0.2) is 19.0 Å². The van der Waals surface area contributed by atoms with Crippen LogP contribution in [0.3, 0.4) is 0 Å². The topological polar surface area (TPSA) is 81.6 Å². The molecule has 2 amide bonds. The van der Waals surface area contributed by atoms with Gasteiger partial charge >= 0.3 is 6.03 Å². The maximum Gasteiger partial charge on any atom is 0.317 e. The third-order valence-corrected chi connectivity index (χ3v) is 7.59. The zero-order valence-electron chi connectivity index (χ0n) is 21.4. The number of nitrogens with one attached hydrogen (secondary N) is 2. The van der Waals surface area contributed by atoms with Crippen LogP contribution in [0, 0.1) is 0 Å². The fraction of sp³-hybridized carbons (Fsp3) is 0.370. The van der Waals surface area contributed by atoms with Gasteiger partial charge in [-0.2, -0.15) is 5.10 Å². The van der Waals surface area contributed by atoms with E-state index in [9.17, 15) is 13.6 Å². The molecule has 0 spiro atoms. The standard InChI is InChI=1S/C27H30F2N8O/c1-30-27(38)35-11-7-23-22(16-35)26(33-37(23)19-5-8-31-9-6-19)36-10-3-4-17-12-20(18-14-32-34(2)15-18)21(25(28)29)13-24(17)36/h5-6,8-9,12-15,25-26,33H,3-4,7,10-11,16H2,1-2H3,(H,30,38). The lowest BCUT2D eigenvalue weighted by molar-refractivity contribution is 0.152. The maximum atomic E-state index is 14.4. The second-order valence-corrected chi connectivity index (χ2v) is 9.84. The number of nitrogens with zero attached hydrogens (tertiary/aromatic N) is 6. The molecule has 38 heavy (non-hydrogen) atoms. The maximum absolute atomic E-state index is 14.4. The number of carbonyl (C=O) groups excluding carboxylic acids is 1. The molecule has 2 N–H and O–H groups in total. The summed E-state index contributed by atoms with van der Waals surface area (Å²) in [5, 5.41) is 8.99. The number of urea groups is 1. The first-order chi connectivity index (χ1) is 18.4. The molecule has 0 radical (unpaired) electrons. The average Bonchev–Trinajstić information content (AvgIpc) is 3.55. The lowest BCUT2D eigenvalue weighted by atomic mass is 9.92. The van der Waals surface area contributed by atoms with E-state index in [1.54, 1.807) is 54.5 Å². The van der Waals surface area contributed by atoms with Crippen LogP contribution in [-0.2, 0) is 13.5 Å². The number of carbonyl (C=O) groups is 1. The average molecular weight is 521 g/mol. The van der Waals surface area contributed by atoms with Gasteiger partial charge in [0.15, 0.2) is 0 Å². The largest absolute Gasteiger partial charge is 0.351 e. The van der Waals surface area contributed by atoms with Crippen LogP contribution >= 0.6 is 0 Å². The number of fused-ring (bicyclic) bond motifs is 1. The highest BCUT2D eigenvalue weighted by Crippen LogP contribution is 2.42. The molecule has 0 saturated carbocycles. The normalized spacial score (nSPS) is 19.2. The Hall–Kier alpha value is -3.99. The highest BCUT2D eigenvalue weighted by Gasteiger charge is 2.41. The summed E-state index contributed by atoms with van der Waals surface area (Å²) in [4.78, 5) is 20.7. The number of anilines is 2. The molecule has 0 bridgehead atoms. The molecule has 6 rings (SSSR count). The van der Waals surface area contributed by atoms with E-state index in [0.717, 1.165) is 41.1 Å². The lowest BCUT2D eigenvalue weighted by Gasteiger charge is -2.39. The number of hydrogen-bond acceptors (Lipinski definition) is 6. The Balaban J connectivity index is 1.42. The van der Waals surface area contributed by atoms with E-state index in [4.69, 9.17) is 0 Å². The molecule has 9 nitrogen and oxygen atoms in total. The predicted molar refractivity (Wildman–Crippen MR) is 141 cm³/mol. The summed E-state index contributed by atoms with van der Waals surface area (Å²) in [6.45, 7) is 1.76. The van der Waals surface area contributed by atoms with Crippen molar-refractivity contribution in [2.45, 2.75) is 31.9 Å². The number of hydrazine groups is 1. The van der Waals surface area contributed by atoms with Crippen molar-refractivity contribution in [2.75, 3.05) is 36.6 Å². The second-order valence-electron chi connectivity index (χ2n) is 9.84. The first-order valence-corrected chi connectivity index (χ1v) is 12.8. The van der Waals surface area contributed by atoms with Gasteiger partial charge in [0.1, 0.15) is 6.17 Å². The number of halogens is 2. The van der Waals surface area contributed by atoms with Crippen molar-refractivity contribution < 1.29 is 13.6 Å². The van der Waals surface area contributed by atoms with Crippen molar-refractivity contribution in [1.29, 1.82) is 0 Å². The molecule has 5 heterocycles. The van der Waals surface area contributed by atoms with Crippen LogP contribution in [0.4, 0.5) is 25.0 Å². The minimum Gasteiger partial charge on any atom is -0.351 e. The Morgan fingerprint density at radius 3 is 2.71 bits per heavy atom. The van der Waals surface area contributed by atoms with E-state index >= 15 is 0 Å². The van der Waals surface area contributed by atoms with Crippen molar-refractivity contribution in [3.05, 3.63) is 71.4 Å². The SMILES string of the molecule is CNC(=O)N1CCC2=C(C1)C(N1CCCc3cc(-c4cnn(C)c4)c(C(F)F)cc31)NN2c1ccncc1. The lowest BCUT2D eigenvalue weighted by Crippen LogP contribution is -2.51. The minimum atomic E-state index is -2.63. The van der Waals surface area contributed by atoms with E-state index < -0.39 is 6.43 Å². The molecular formula is C27H30F2N8O. The number of alkyl halides is 2. The molecule has 1 atom stereocenters. The summed E-state index contributed by atoms with van der Waals surface area (Å²) >= 11 is 0.